The molecule has 2 nitrogen and oxygen atoms in total. The highest BCUT2D eigenvalue weighted by atomic mass is 35.5. The van der Waals surface area contributed by atoms with Gasteiger partial charge in [0.1, 0.15) is 0 Å². The first-order valence-corrected chi connectivity index (χ1v) is 7.01. The fraction of sp³-hybridized carbons (Fsp3) is 0.600. The highest BCUT2D eigenvalue weighted by Gasteiger charge is 2.48. The van der Waals surface area contributed by atoms with Gasteiger partial charge in [-0.3, -0.25) is 0 Å². The second-order valence-electron chi connectivity index (χ2n) is 5.96. The summed E-state index contributed by atoms with van der Waals surface area (Å²) in [7, 11) is 0. The van der Waals surface area contributed by atoms with E-state index in [0.29, 0.717) is 5.92 Å². The molecule has 0 bridgehead atoms. The lowest BCUT2D eigenvalue weighted by atomic mass is 9.57. The summed E-state index contributed by atoms with van der Waals surface area (Å²) in [5.74, 6) is 0.571. The Hall–Kier alpha value is -0.570. The first kappa shape index (κ1) is 13.9. The minimum atomic E-state index is -0.209. The fourth-order valence-electron chi connectivity index (χ4n) is 3.05. The predicted molar refractivity (Wildman–Crippen MR) is 75.8 cm³/mol. The van der Waals surface area contributed by atoms with E-state index >= 15 is 0 Å². The fourth-order valence-corrected chi connectivity index (χ4v) is 3.17. The second kappa shape index (κ2) is 5.20. The topological polar surface area (TPSA) is 46.2 Å². The van der Waals surface area contributed by atoms with Crippen LogP contribution in [0.4, 0.5) is 0 Å². The van der Waals surface area contributed by atoms with Crippen LogP contribution in [0.2, 0.25) is 5.02 Å². The van der Waals surface area contributed by atoms with Gasteiger partial charge in [-0.1, -0.05) is 37.6 Å². The van der Waals surface area contributed by atoms with Crippen LogP contribution in [0.3, 0.4) is 0 Å². The quantitative estimate of drug-likeness (QED) is 0.881. The predicted octanol–water partition coefficient (Wildman–Crippen LogP) is 3.11. The van der Waals surface area contributed by atoms with E-state index < -0.39 is 0 Å². The van der Waals surface area contributed by atoms with Crippen LogP contribution in [0.1, 0.15) is 38.7 Å². The number of rotatable bonds is 4. The molecule has 0 spiro atoms. The van der Waals surface area contributed by atoms with Gasteiger partial charge in [0.15, 0.2) is 0 Å². The van der Waals surface area contributed by atoms with Gasteiger partial charge in [-0.2, -0.15) is 0 Å². The molecule has 0 radical (unpaired) electrons. The molecule has 100 valence electrons. The molecule has 1 aromatic carbocycles. The van der Waals surface area contributed by atoms with E-state index in [1.54, 1.807) is 0 Å². The summed E-state index contributed by atoms with van der Waals surface area (Å²) in [6.07, 6.45) is 2.30. The lowest BCUT2D eigenvalue weighted by Gasteiger charge is -2.50. The Bertz CT molecular complexity index is 395. The number of aliphatic hydroxyl groups excluding tert-OH is 1. The average molecular weight is 268 g/mol. The number of halogens is 1. The van der Waals surface area contributed by atoms with Crippen LogP contribution in [0, 0.1) is 5.92 Å². The molecule has 0 aliphatic heterocycles. The van der Waals surface area contributed by atoms with Crippen molar-refractivity contribution in [1.29, 1.82) is 0 Å². The highest BCUT2D eigenvalue weighted by Crippen LogP contribution is 2.47. The van der Waals surface area contributed by atoms with Crippen LogP contribution in [-0.2, 0) is 5.41 Å². The third-order valence-electron chi connectivity index (χ3n) is 4.05. The smallest absolute Gasteiger partial charge is 0.0558 e. The van der Waals surface area contributed by atoms with Gasteiger partial charge < -0.3 is 10.8 Å². The normalized spacial score (nSPS) is 29.1. The van der Waals surface area contributed by atoms with Gasteiger partial charge in [-0.05, 0) is 42.9 Å². The van der Waals surface area contributed by atoms with Gasteiger partial charge in [-0.25, -0.2) is 0 Å². The largest absolute Gasteiger partial charge is 0.393 e. The van der Waals surface area contributed by atoms with Crippen molar-refractivity contribution in [2.45, 2.75) is 50.7 Å². The van der Waals surface area contributed by atoms with Crippen molar-refractivity contribution in [3.63, 3.8) is 0 Å². The maximum atomic E-state index is 9.70. The molecule has 3 heteroatoms. The molecule has 1 aromatic rings. The van der Waals surface area contributed by atoms with Gasteiger partial charge in [0.05, 0.1) is 6.10 Å². The standard InChI is InChI=1S/C15H22ClNO/c1-10(2)7-14(17)15(8-13(18)9-15)11-3-5-12(16)6-4-11/h3-6,10,13-14,18H,7-9,17H2,1-2H3/t13?,14-,15?/m1/s1. The monoisotopic (exact) mass is 267 g/mol. The molecule has 0 saturated heterocycles. The van der Waals surface area contributed by atoms with Crippen LogP contribution >= 0.6 is 11.6 Å². The summed E-state index contributed by atoms with van der Waals surface area (Å²) in [6, 6.07) is 8.02. The van der Waals surface area contributed by atoms with Crippen molar-refractivity contribution < 1.29 is 5.11 Å². The van der Waals surface area contributed by atoms with E-state index in [4.69, 9.17) is 17.3 Å². The van der Waals surface area contributed by atoms with Crippen molar-refractivity contribution in [2.75, 3.05) is 0 Å². The van der Waals surface area contributed by atoms with Gasteiger partial charge in [0.2, 0.25) is 0 Å². The van der Waals surface area contributed by atoms with Crippen LogP contribution in [-0.4, -0.2) is 17.3 Å². The van der Waals surface area contributed by atoms with Crippen LogP contribution < -0.4 is 5.73 Å². The zero-order valence-electron chi connectivity index (χ0n) is 11.1. The summed E-state index contributed by atoms with van der Waals surface area (Å²) in [5, 5.41) is 10.4. The van der Waals surface area contributed by atoms with Crippen molar-refractivity contribution >= 4 is 11.6 Å². The highest BCUT2D eigenvalue weighted by molar-refractivity contribution is 6.30. The SMILES string of the molecule is CC(C)C[C@@H](N)C1(c2ccc(Cl)cc2)CC(O)C1. The Labute approximate surface area is 114 Å². The molecule has 0 aromatic heterocycles. The van der Waals surface area contributed by atoms with Gasteiger partial charge >= 0.3 is 0 Å². The number of aliphatic hydroxyl groups is 1. The van der Waals surface area contributed by atoms with Crippen molar-refractivity contribution in [3.8, 4) is 0 Å². The van der Waals surface area contributed by atoms with E-state index in [1.807, 2.05) is 12.1 Å². The Morgan fingerprint density at radius 2 is 1.89 bits per heavy atom. The molecular formula is C15H22ClNO. The molecule has 1 atom stereocenters. The van der Waals surface area contributed by atoms with Crippen molar-refractivity contribution in [1.82, 2.24) is 0 Å². The molecular weight excluding hydrogens is 246 g/mol. The van der Waals surface area contributed by atoms with Crippen LogP contribution in [0.25, 0.3) is 0 Å². The van der Waals surface area contributed by atoms with Gasteiger partial charge in [0, 0.05) is 16.5 Å². The zero-order valence-corrected chi connectivity index (χ0v) is 11.8. The summed E-state index contributed by atoms with van der Waals surface area (Å²) >= 11 is 5.93. The van der Waals surface area contributed by atoms with Gasteiger partial charge in [0.25, 0.3) is 0 Å². The third kappa shape index (κ3) is 2.56. The van der Waals surface area contributed by atoms with Crippen molar-refractivity contribution in [3.05, 3.63) is 34.9 Å². The van der Waals surface area contributed by atoms with E-state index in [1.165, 1.54) is 5.56 Å². The van der Waals surface area contributed by atoms with Crippen molar-refractivity contribution in [2.24, 2.45) is 11.7 Å². The first-order chi connectivity index (χ1) is 8.44. The Morgan fingerprint density at radius 1 is 1.33 bits per heavy atom. The molecule has 1 fully saturated rings. The van der Waals surface area contributed by atoms with Gasteiger partial charge in [-0.15, -0.1) is 0 Å². The molecule has 0 unspecified atom stereocenters. The first-order valence-electron chi connectivity index (χ1n) is 6.64. The Balaban J connectivity index is 2.24. The third-order valence-corrected chi connectivity index (χ3v) is 4.31. The Kier molecular flexibility index (Phi) is 4.00. The molecule has 3 N–H and O–H groups in total. The van der Waals surface area contributed by atoms with E-state index in [0.717, 1.165) is 24.3 Å². The van der Waals surface area contributed by atoms with Crippen LogP contribution in [0.15, 0.2) is 24.3 Å². The number of nitrogens with two attached hydrogens (primary N) is 1. The summed E-state index contributed by atoms with van der Waals surface area (Å²) in [4.78, 5) is 0. The maximum Gasteiger partial charge on any atom is 0.0558 e. The zero-order chi connectivity index (χ0) is 13.3. The van der Waals surface area contributed by atoms with E-state index in [2.05, 4.69) is 26.0 Å². The number of hydrogen-bond donors (Lipinski definition) is 2. The molecule has 1 aliphatic rings. The number of hydrogen-bond acceptors (Lipinski definition) is 2. The van der Waals surface area contributed by atoms with E-state index in [-0.39, 0.29) is 17.6 Å². The van der Waals surface area contributed by atoms with Crippen LogP contribution in [0.5, 0.6) is 0 Å². The molecule has 2 rings (SSSR count). The average Bonchev–Trinajstić information content (AvgIpc) is 2.24. The summed E-state index contributed by atoms with van der Waals surface area (Å²) < 4.78 is 0. The summed E-state index contributed by atoms with van der Waals surface area (Å²) in [5.41, 5.74) is 7.56. The molecule has 1 saturated carbocycles. The minimum absolute atomic E-state index is 0.0612. The number of benzene rings is 1. The summed E-state index contributed by atoms with van der Waals surface area (Å²) in [6.45, 7) is 4.37. The van der Waals surface area contributed by atoms with E-state index in [9.17, 15) is 5.11 Å². The Morgan fingerprint density at radius 3 is 2.33 bits per heavy atom. The molecule has 1 aliphatic carbocycles. The second-order valence-corrected chi connectivity index (χ2v) is 6.40. The molecule has 0 heterocycles. The lowest BCUT2D eigenvalue weighted by Crippen LogP contribution is -2.56. The lowest BCUT2D eigenvalue weighted by molar-refractivity contribution is 0.000538. The minimum Gasteiger partial charge on any atom is -0.393 e. The maximum absolute atomic E-state index is 9.70. The molecule has 18 heavy (non-hydrogen) atoms. The molecule has 0 amide bonds.